The number of rotatable bonds is 5. The summed E-state index contributed by atoms with van der Waals surface area (Å²) in [6.07, 6.45) is 0.651. The molecule has 1 aromatic carbocycles. The second-order valence-electron chi connectivity index (χ2n) is 5.54. The third-order valence-corrected chi connectivity index (χ3v) is 4.88. The van der Waals surface area contributed by atoms with E-state index in [1.54, 1.807) is 0 Å². The number of aromatic nitrogens is 2. The number of hydrogen-bond donors (Lipinski definition) is 1. The monoisotopic (exact) mass is 341 g/mol. The fraction of sp³-hybridized carbons (Fsp3) is 0.278. The van der Waals surface area contributed by atoms with Gasteiger partial charge in [-0.1, -0.05) is 30.3 Å². The second kappa shape index (κ2) is 6.97. The van der Waals surface area contributed by atoms with Crippen LogP contribution in [0.2, 0.25) is 0 Å². The van der Waals surface area contributed by atoms with Gasteiger partial charge in [0.1, 0.15) is 15.6 Å². The lowest BCUT2D eigenvalue weighted by Gasteiger charge is -2.02. The summed E-state index contributed by atoms with van der Waals surface area (Å²) in [5, 5.41) is 3.80. The van der Waals surface area contributed by atoms with Crippen LogP contribution < -0.4 is 5.32 Å². The van der Waals surface area contributed by atoms with Crippen LogP contribution in [0, 0.1) is 20.8 Å². The topological polar surface area (TPSA) is 68.0 Å². The number of carbonyl (C=O) groups is 1. The molecule has 0 bridgehead atoms. The number of amides is 1. The summed E-state index contributed by atoms with van der Waals surface area (Å²) in [6, 6.07) is 9.89. The molecular weight excluding hydrogens is 322 g/mol. The summed E-state index contributed by atoms with van der Waals surface area (Å²) >= 11 is 1.42. The first-order valence-corrected chi connectivity index (χ1v) is 8.60. The quantitative estimate of drug-likeness (QED) is 0.768. The van der Waals surface area contributed by atoms with Crippen LogP contribution in [-0.4, -0.2) is 22.4 Å². The number of thiazole rings is 1. The Balaban J connectivity index is 1.65. The van der Waals surface area contributed by atoms with E-state index < -0.39 is 0 Å². The number of hydrogen-bond acceptors (Lipinski definition) is 5. The number of nitrogens with zero attached hydrogens (tertiary/aromatic N) is 2. The smallest absolute Gasteiger partial charge is 0.263 e. The van der Waals surface area contributed by atoms with E-state index in [-0.39, 0.29) is 5.91 Å². The molecule has 0 saturated heterocycles. The Morgan fingerprint density at radius 2 is 1.92 bits per heavy atom. The van der Waals surface area contributed by atoms with Gasteiger partial charge in [0.15, 0.2) is 5.89 Å². The lowest BCUT2D eigenvalue weighted by molar-refractivity contribution is 0.0957. The minimum absolute atomic E-state index is 0.0925. The van der Waals surface area contributed by atoms with Gasteiger partial charge < -0.3 is 9.73 Å². The average Bonchev–Trinajstić information content (AvgIpc) is 3.10. The third-order valence-electron chi connectivity index (χ3n) is 3.67. The first-order valence-electron chi connectivity index (χ1n) is 7.78. The molecule has 1 amide bonds. The van der Waals surface area contributed by atoms with Crippen LogP contribution in [-0.2, 0) is 6.42 Å². The maximum atomic E-state index is 12.4. The molecule has 0 unspecified atom stereocenters. The van der Waals surface area contributed by atoms with Crippen LogP contribution in [0.5, 0.6) is 0 Å². The number of nitrogens with one attached hydrogen (secondary N) is 1. The molecule has 124 valence electrons. The predicted octanol–water partition coefficient (Wildman–Crippen LogP) is 3.70. The van der Waals surface area contributed by atoms with Gasteiger partial charge in [-0.3, -0.25) is 4.79 Å². The van der Waals surface area contributed by atoms with Crippen LogP contribution in [0.3, 0.4) is 0 Å². The standard InChI is InChI=1S/C18H19N3O2S/c1-11-16(24-18(20-11)14-7-5-4-6-8-14)17(22)19-10-9-15-12(2)23-13(3)21-15/h4-8H,9-10H2,1-3H3,(H,19,22). The Bertz CT molecular complexity index is 853. The summed E-state index contributed by atoms with van der Waals surface area (Å²) < 4.78 is 5.40. The minimum atomic E-state index is -0.0925. The van der Waals surface area contributed by atoms with Gasteiger partial charge in [-0.2, -0.15) is 0 Å². The highest BCUT2D eigenvalue weighted by Crippen LogP contribution is 2.27. The van der Waals surface area contributed by atoms with Gasteiger partial charge in [0.2, 0.25) is 0 Å². The fourth-order valence-corrected chi connectivity index (χ4v) is 3.48. The van der Waals surface area contributed by atoms with Gasteiger partial charge in [0.25, 0.3) is 5.91 Å². The first kappa shape index (κ1) is 16.4. The van der Waals surface area contributed by atoms with E-state index in [4.69, 9.17) is 4.42 Å². The average molecular weight is 341 g/mol. The van der Waals surface area contributed by atoms with Crippen LogP contribution in [0.1, 0.15) is 32.7 Å². The molecule has 2 aromatic heterocycles. The van der Waals surface area contributed by atoms with Gasteiger partial charge in [-0.25, -0.2) is 9.97 Å². The first-order chi connectivity index (χ1) is 11.5. The highest BCUT2D eigenvalue weighted by molar-refractivity contribution is 7.17. The van der Waals surface area contributed by atoms with Crippen LogP contribution in [0.25, 0.3) is 10.6 Å². The predicted molar refractivity (Wildman–Crippen MR) is 94.3 cm³/mol. The maximum Gasteiger partial charge on any atom is 0.263 e. The maximum absolute atomic E-state index is 12.4. The molecule has 3 aromatic rings. The van der Waals surface area contributed by atoms with Crippen LogP contribution >= 0.6 is 11.3 Å². The van der Waals surface area contributed by atoms with E-state index in [9.17, 15) is 4.79 Å². The largest absolute Gasteiger partial charge is 0.446 e. The second-order valence-corrected chi connectivity index (χ2v) is 6.54. The van der Waals surface area contributed by atoms with Crippen molar-refractivity contribution in [2.24, 2.45) is 0 Å². The highest BCUT2D eigenvalue weighted by Gasteiger charge is 2.16. The van der Waals surface area contributed by atoms with Crippen molar-refractivity contribution in [1.82, 2.24) is 15.3 Å². The van der Waals surface area contributed by atoms with E-state index in [2.05, 4.69) is 15.3 Å². The lowest BCUT2D eigenvalue weighted by atomic mass is 10.2. The van der Waals surface area contributed by atoms with Crippen LogP contribution in [0.4, 0.5) is 0 Å². The molecule has 6 heteroatoms. The van der Waals surface area contributed by atoms with Crippen LogP contribution in [0.15, 0.2) is 34.7 Å². The summed E-state index contributed by atoms with van der Waals surface area (Å²) in [5.41, 5.74) is 2.67. The highest BCUT2D eigenvalue weighted by atomic mass is 32.1. The van der Waals surface area contributed by atoms with Crippen molar-refractivity contribution in [1.29, 1.82) is 0 Å². The van der Waals surface area contributed by atoms with Crippen molar-refractivity contribution in [3.63, 3.8) is 0 Å². The van der Waals surface area contributed by atoms with E-state index in [1.807, 2.05) is 51.1 Å². The van der Waals surface area contributed by atoms with Gasteiger partial charge in [0, 0.05) is 25.5 Å². The van der Waals surface area contributed by atoms with E-state index in [1.165, 1.54) is 11.3 Å². The molecule has 0 aliphatic carbocycles. The summed E-state index contributed by atoms with van der Waals surface area (Å²) in [4.78, 5) is 21.9. The number of benzene rings is 1. The minimum Gasteiger partial charge on any atom is -0.446 e. The molecule has 0 radical (unpaired) electrons. The molecular formula is C18H19N3O2S. The molecule has 24 heavy (non-hydrogen) atoms. The molecule has 2 heterocycles. The van der Waals surface area contributed by atoms with Crippen molar-refractivity contribution >= 4 is 17.2 Å². The molecule has 5 nitrogen and oxygen atoms in total. The molecule has 0 fully saturated rings. The fourth-order valence-electron chi connectivity index (χ4n) is 2.49. The Kier molecular flexibility index (Phi) is 4.76. The van der Waals surface area contributed by atoms with E-state index in [0.717, 1.165) is 27.7 Å². The number of oxazole rings is 1. The molecule has 3 rings (SSSR count). The normalized spacial score (nSPS) is 10.8. The summed E-state index contributed by atoms with van der Waals surface area (Å²) in [5.74, 6) is 1.37. The lowest BCUT2D eigenvalue weighted by Crippen LogP contribution is -2.25. The Labute approximate surface area is 144 Å². The third kappa shape index (κ3) is 3.54. The number of carbonyl (C=O) groups excluding carboxylic acids is 1. The van der Waals surface area contributed by atoms with Crippen molar-refractivity contribution < 1.29 is 9.21 Å². The van der Waals surface area contributed by atoms with Gasteiger partial charge in [-0.05, 0) is 13.8 Å². The molecule has 0 aliphatic heterocycles. The molecule has 0 saturated carbocycles. The van der Waals surface area contributed by atoms with Gasteiger partial charge in [0.05, 0.1) is 11.4 Å². The Morgan fingerprint density at radius 1 is 1.17 bits per heavy atom. The zero-order chi connectivity index (χ0) is 17.1. The molecule has 0 spiro atoms. The Hall–Kier alpha value is -2.47. The van der Waals surface area contributed by atoms with E-state index >= 15 is 0 Å². The number of aryl methyl sites for hydroxylation is 3. The van der Waals surface area contributed by atoms with E-state index in [0.29, 0.717) is 23.7 Å². The zero-order valence-corrected chi connectivity index (χ0v) is 14.7. The van der Waals surface area contributed by atoms with Crippen molar-refractivity contribution in [2.45, 2.75) is 27.2 Å². The van der Waals surface area contributed by atoms with Crippen molar-refractivity contribution in [2.75, 3.05) is 6.54 Å². The SMILES string of the molecule is Cc1nc(CCNC(=O)c2sc(-c3ccccc3)nc2C)c(C)o1. The Morgan fingerprint density at radius 3 is 2.58 bits per heavy atom. The zero-order valence-electron chi connectivity index (χ0n) is 13.9. The van der Waals surface area contributed by atoms with Gasteiger partial charge in [-0.15, -0.1) is 11.3 Å². The summed E-state index contributed by atoms with van der Waals surface area (Å²) in [7, 11) is 0. The summed E-state index contributed by atoms with van der Waals surface area (Å²) in [6.45, 7) is 6.09. The molecule has 1 N–H and O–H groups in total. The van der Waals surface area contributed by atoms with Crippen molar-refractivity contribution in [3.8, 4) is 10.6 Å². The molecule has 0 atom stereocenters. The van der Waals surface area contributed by atoms with Gasteiger partial charge >= 0.3 is 0 Å². The van der Waals surface area contributed by atoms with Crippen molar-refractivity contribution in [3.05, 3.63) is 58.2 Å². The molecule has 0 aliphatic rings.